The third-order valence-corrected chi connectivity index (χ3v) is 1.13. The van der Waals surface area contributed by atoms with Gasteiger partial charge < -0.3 is 0 Å². The van der Waals surface area contributed by atoms with Crippen molar-refractivity contribution in [2.24, 2.45) is 0 Å². The van der Waals surface area contributed by atoms with Crippen molar-refractivity contribution in [3.05, 3.63) is 23.8 Å². The molecule has 0 radical (unpaired) electrons. The highest BCUT2D eigenvalue weighted by Gasteiger charge is 1.87. The molecule has 62 valence electrons. The van der Waals surface area contributed by atoms with Gasteiger partial charge in [0, 0.05) is 12.4 Å². The Bertz CT molecular complexity index is 176. The molecule has 0 aliphatic carbocycles. The van der Waals surface area contributed by atoms with Gasteiger partial charge in [-0.2, -0.15) is 0 Å². The first kappa shape index (κ1) is 10.1. The summed E-state index contributed by atoms with van der Waals surface area (Å²) in [5.41, 5.74) is 2.01. The topological polar surface area (TPSA) is 25.8 Å². The van der Waals surface area contributed by atoms with E-state index in [1.165, 1.54) is 6.42 Å². The third-order valence-electron chi connectivity index (χ3n) is 1.13. The SMILES string of the molecule is CCC.Cc1nccnc1C. The highest BCUT2D eigenvalue weighted by Crippen LogP contribution is 1.93. The van der Waals surface area contributed by atoms with Gasteiger partial charge in [-0.05, 0) is 13.8 Å². The van der Waals surface area contributed by atoms with E-state index in [4.69, 9.17) is 0 Å². The summed E-state index contributed by atoms with van der Waals surface area (Å²) in [5, 5.41) is 0. The van der Waals surface area contributed by atoms with Crippen molar-refractivity contribution in [1.82, 2.24) is 9.97 Å². The normalized spacial score (nSPS) is 8.36. The predicted octanol–water partition coefficient (Wildman–Crippen LogP) is 2.51. The quantitative estimate of drug-likeness (QED) is 0.571. The maximum atomic E-state index is 4.02. The summed E-state index contributed by atoms with van der Waals surface area (Å²) < 4.78 is 0. The fourth-order valence-electron chi connectivity index (χ4n) is 0.477. The number of aryl methyl sites for hydroxylation is 2. The van der Waals surface area contributed by atoms with Crippen LogP contribution >= 0.6 is 0 Å². The zero-order chi connectivity index (χ0) is 8.69. The summed E-state index contributed by atoms with van der Waals surface area (Å²) in [7, 11) is 0. The summed E-state index contributed by atoms with van der Waals surface area (Å²) in [6.07, 6.45) is 4.64. The summed E-state index contributed by atoms with van der Waals surface area (Å²) in [6, 6.07) is 0. The molecule has 1 aromatic rings. The van der Waals surface area contributed by atoms with Crippen LogP contribution in [0.2, 0.25) is 0 Å². The first-order valence-electron chi connectivity index (χ1n) is 3.96. The lowest BCUT2D eigenvalue weighted by atomic mass is 10.4. The van der Waals surface area contributed by atoms with Crippen molar-refractivity contribution < 1.29 is 0 Å². The Morgan fingerprint density at radius 3 is 1.45 bits per heavy atom. The first-order chi connectivity index (χ1) is 5.22. The maximum Gasteiger partial charge on any atom is 0.0584 e. The molecular weight excluding hydrogens is 136 g/mol. The largest absolute Gasteiger partial charge is 0.258 e. The molecule has 0 amide bonds. The van der Waals surface area contributed by atoms with Crippen LogP contribution in [0.5, 0.6) is 0 Å². The highest BCUT2D eigenvalue weighted by atomic mass is 14.8. The van der Waals surface area contributed by atoms with E-state index in [0.29, 0.717) is 0 Å². The molecule has 0 saturated carbocycles. The van der Waals surface area contributed by atoms with Crippen LogP contribution in [0.3, 0.4) is 0 Å². The second kappa shape index (κ2) is 5.83. The molecule has 1 rings (SSSR count). The average Bonchev–Trinajstić information content (AvgIpc) is 1.97. The molecule has 1 aromatic heterocycles. The molecule has 0 unspecified atom stereocenters. The minimum Gasteiger partial charge on any atom is -0.258 e. The fourth-order valence-corrected chi connectivity index (χ4v) is 0.477. The standard InChI is InChI=1S/C6H8N2.C3H8/c1-5-6(2)8-4-3-7-5;1-3-2/h3-4H,1-2H3;3H2,1-2H3. The van der Waals surface area contributed by atoms with E-state index < -0.39 is 0 Å². The molecule has 0 aliphatic heterocycles. The zero-order valence-corrected chi connectivity index (χ0v) is 7.76. The third kappa shape index (κ3) is 4.48. The van der Waals surface area contributed by atoms with Crippen LogP contribution in [0.25, 0.3) is 0 Å². The van der Waals surface area contributed by atoms with Crippen LogP contribution in [0.4, 0.5) is 0 Å². The lowest BCUT2D eigenvalue weighted by Crippen LogP contribution is -1.87. The second-order valence-electron chi connectivity index (χ2n) is 2.43. The molecule has 2 heteroatoms. The molecule has 0 aromatic carbocycles. The lowest BCUT2D eigenvalue weighted by molar-refractivity contribution is 1.05. The predicted molar refractivity (Wildman–Crippen MR) is 47.5 cm³/mol. The molecule has 0 aliphatic rings. The Hall–Kier alpha value is -0.920. The van der Waals surface area contributed by atoms with Gasteiger partial charge in [0.05, 0.1) is 11.4 Å². The number of hydrogen-bond donors (Lipinski definition) is 0. The fraction of sp³-hybridized carbons (Fsp3) is 0.556. The van der Waals surface area contributed by atoms with E-state index in [2.05, 4.69) is 23.8 Å². The van der Waals surface area contributed by atoms with E-state index in [0.717, 1.165) is 11.4 Å². The van der Waals surface area contributed by atoms with Crippen molar-refractivity contribution in [2.75, 3.05) is 0 Å². The van der Waals surface area contributed by atoms with Crippen LogP contribution in [-0.2, 0) is 0 Å². The van der Waals surface area contributed by atoms with Crippen molar-refractivity contribution in [3.63, 3.8) is 0 Å². The van der Waals surface area contributed by atoms with Gasteiger partial charge in [-0.3, -0.25) is 9.97 Å². The minimum absolute atomic E-state index is 1.01. The van der Waals surface area contributed by atoms with Gasteiger partial charge in [0.2, 0.25) is 0 Å². The lowest BCUT2D eigenvalue weighted by Gasteiger charge is -1.91. The molecular formula is C9H16N2. The summed E-state index contributed by atoms with van der Waals surface area (Å²) in [5.74, 6) is 0. The number of aromatic nitrogens is 2. The second-order valence-corrected chi connectivity index (χ2v) is 2.43. The molecule has 11 heavy (non-hydrogen) atoms. The minimum atomic E-state index is 1.01. The van der Waals surface area contributed by atoms with Gasteiger partial charge in [-0.15, -0.1) is 0 Å². The van der Waals surface area contributed by atoms with Crippen LogP contribution < -0.4 is 0 Å². The molecule has 0 spiro atoms. The van der Waals surface area contributed by atoms with E-state index >= 15 is 0 Å². The van der Waals surface area contributed by atoms with E-state index in [1.807, 2.05) is 13.8 Å². The van der Waals surface area contributed by atoms with Gasteiger partial charge >= 0.3 is 0 Å². The molecule has 0 N–H and O–H groups in total. The monoisotopic (exact) mass is 152 g/mol. The van der Waals surface area contributed by atoms with E-state index in [-0.39, 0.29) is 0 Å². The van der Waals surface area contributed by atoms with Crippen LogP contribution in [-0.4, -0.2) is 9.97 Å². The molecule has 2 nitrogen and oxygen atoms in total. The van der Waals surface area contributed by atoms with Crippen LogP contribution in [0, 0.1) is 13.8 Å². The summed E-state index contributed by atoms with van der Waals surface area (Å²) in [4.78, 5) is 8.03. The Morgan fingerprint density at radius 2 is 1.27 bits per heavy atom. The number of hydrogen-bond acceptors (Lipinski definition) is 2. The van der Waals surface area contributed by atoms with Crippen LogP contribution in [0.15, 0.2) is 12.4 Å². The Kier molecular flexibility index (Phi) is 5.35. The highest BCUT2D eigenvalue weighted by molar-refractivity contribution is 5.04. The van der Waals surface area contributed by atoms with Crippen molar-refractivity contribution in [2.45, 2.75) is 34.1 Å². The van der Waals surface area contributed by atoms with E-state index in [1.54, 1.807) is 12.4 Å². The van der Waals surface area contributed by atoms with Gasteiger partial charge in [0.25, 0.3) is 0 Å². The Labute approximate surface area is 68.7 Å². The molecule has 0 bridgehead atoms. The maximum absolute atomic E-state index is 4.02. The average molecular weight is 152 g/mol. The van der Waals surface area contributed by atoms with Crippen molar-refractivity contribution in [1.29, 1.82) is 0 Å². The van der Waals surface area contributed by atoms with Gasteiger partial charge in [0.1, 0.15) is 0 Å². The Morgan fingerprint density at radius 1 is 1.00 bits per heavy atom. The van der Waals surface area contributed by atoms with Gasteiger partial charge in [-0.25, -0.2) is 0 Å². The van der Waals surface area contributed by atoms with E-state index in [9.17, 15) is 0 Å². The van der Waals surface area contributed by atoms with Crippen molar-refractivity contribution in [3.8, 4) is 0 Å². The summed E-state index contributed by atoms with van der Waals surface area (Å²) >= 11 is 0. The molecule has 0 atom stereocenters. The molecule has 1 heterocycles. The zero-order valence-electron chi connectivity index (χ0n) is 7.76. The van der Waals surface area contributed by atoms with Gasteiger partial charge in [-0.1, -0.05) is 20.3 Å². The van der Waals surface area contributed by atoms with Crippen molar-refractivity contribution >= 4 is 0 Å². The van der Waals surface area contributed by atoms with Gasteiger partial charge in [0.15, 0.2) is 0 Å². The van der Waals surface area contributed by atoms with Crippen LogP contribution in [0.1, 0.15) is 31.7 Å². The first-order valence-corrected chi connectivity index (χ1v) is 3.96. The smallest absolute Gasteiger partial charge is 0.0584 e. The summed E-state index contributed by atoms with van der Waals surface area (Å²) in [6.45, 7) is 8.14. The molecule has 0 fully saturated rings. The Balaban J connectivity index is 0.000000292. The number of rotatable bonds is 0. The number of nitrogens with zero attached hydrogens (tertiary/aromatic N) is 2. The molecule has 0 saturated heterocycles.